The van der Waals surface area contributed by atoms with Crippen LogP contribution in [0.5, 0.6) is 0 Å². The molecule has 3 aromatic rings. The van der Waals surface area contributed by atoms with Gasteiger partial charge in [-0.15, -0.1) is 0 Å². The number of piperidine rings is 1. The first kappa shape index (κ1) is 19.9. The van der Waals surface area contributed by atoms with E-state index in [1.807, 2.05) is 12.1 Å². The molecule has 1 saturated heterocycles. The first-order chi connectivity index (χ1) is 14.1. The molecule has 150 valence electrons. The van der Waals surface area contributed by atoms with Crippen LogP contribution in [0.25, 0.3) is 0 Å². The second-order valence-electron chi connectivity index (χ2n) is 8.76. The Kier molecular flexibility index (Phi) is 5.84. The van der Waals surface area contributed by atoms with Gasteiger partial charge in [0.25, 0.3) is 0 Å². The molecule has 0 radical (unpaired) electrons. The van der Waals surface area contributed by atoms with Crippen LogP contribution in [0.4, 0.5) is 0 Å². The Bertz CT molecular complexity index is 894. The van der Waals surface area contributed by atoms with Crippen LogP contribution in [0.2, 0.25) is 0 Å². The number of hydrogen-bond acceptors (Lipinski definition) is 2. The topological polar surface area (TPSA) is 32.3 Å². The predicted octanol–water partition coefficient (Wildman–Crippen LogP) is 5.71. The summed E-state index contributed by atoms with van der Waals surface area (Å²) in [5.74, 6) is 0.461. The molecule has 2 nitrogen and oxygen atoms in total. The van der Waals surface area contributed by atoms with Crippen molar-refractivity contribution >= 4 is 0 Å². The van der Waals surface area contributed by atoms with Crippen LogP contribution < -0.4 is 5.32 Å². The average molecular weight is 386 g/mol. The normalized spacial score (nSPS) is 27.1. The van der Waals surface area contributed by atoms with Crippen molar-refractivity contribution in [2.24, 2.45) is 11.8 Å². The molecule has 0 spiro atoms. The van der Waals surface area contributed by atoms with Crippen molar-refractivity contribution in [2.45, 2.75) is 44.4 Å². The highest BCUT2D eigenvalue weighted by molar-refractivity contribution is 5.29. The van der Waals surface area contributed by atoms with E-state index >= 15 is 0 Å². The van der Waals surface area contributed by atoms with Gasteiger partial charge in [0.05, 0.1) is 5.60 Å². The molecular formula is C27H31NO. The first-order valence-electron chi connectivity index (χ1n) is 10.7. The second-order valence-corrected chi connectivity index (χ2v) is 8.76. The zero-order chi connectivity index (χ0) is 20.3. The van der Waals surface area contributed by atoms with Gasteiger partial charge in [-0.3, -0.25) is 0 Å². The van der Waals surface area contributed by atoms with Crippen LogP contribution in [0, 0.1) is 11.8 Å². The van der Waals surface area contributed by atoms with Crippen molar-refractivity contribution in [3.05, 3.63) is 108 Å². The summed E-state index contributed by atoms with van der Waals surface area (Å²) in [6, 6.07) is 31.8. The minimum absolute atomic E-state index is 0.101. The van der Waals surface area contributed by atoms with Gasteiger partial charge in [0.1, 0.15) is 0 Å². The Balaban J connectivity index is 1.77. The lowest BCUT2D eigenvalue weighted by atomic mass is 9.64. The lowest BCUT2D eigenvalue weighted by molar-refractivity contribution is -0.0920. The van der Waals surface area contributed by atoms with Crippen LogP contribution in [-0.4, -0.2) is 10.7 Å². The third-order valence-electron chi connectivity index (χ3n) is 6.35. The van der Waals surface area contributed by atoms with E-state index in [0.717, 1.165) is 0 Å². The molecule has 3 aromatic carbocycles. The van der Waals surface area contributed by atoms with Gasteiger partial charge in [-0.2, -0.15) is 0 Å². The van der Waals surface area contributed by atoms with Gasteiger partial charge in [-0.25, -0.2) is 0 Å². The average Bonchev–Trinajstić information content (AvgIpc) is 2.74. The molecule has 0 amide bonds. The molecule has 1 aliphatic rings. The number of nitrogens with one attached hydrogen (secondary N) is 1. The fourth-order valence-corrected chi connectivity index (χ4v) is 5.19. The molecule has 1 fully saturated rings. The van der Waals surface area contributed by atoms with Gasteiger partial charge in [-0.1, -0.05) is 105 Å². The van der Waals surface area contributed by atoms with Crippen molar-refractivity contribution in [1.29, 1.82) is 0 Å². The smallest absolute Gasteiger partial charge is 0.0754 e. The molecule has 0 aliphatic carbocycles. The summed E-state index contributed by atoms with van der Waals surface area (Å²) in [6.07, 6.45) is 1.38. The Morgan fingerprint density at radius 3 is 1.90 bits per heavy atom. The van der Waals surface area contributed by atoms with E-state index in [9.17, 15) is 5.11 Å². The van der Waals surface area contributed by atoms with E-state index in [-0.39, 0.29) is 18.0 Å². The van der Waals surface area contributed by atoms with E-state index in [1.54, 1.807) is 0 Å². The Hall–Kier alpha value is -2.42. The van der Waals surface area contributed by atoms with E-state index in [4.69, 9.17) is 0 Å². The van der Waals surface area contributed by atoms with E-state index < -0.39 is 5.60 Å². The van der Waals surface area contributed by atoms with Crippen molar-refractivity contribution in [3.63, 3.8) is 0 Å². The highest BCUT2D eigenvalue weighted by Crippen LogP contribution is 2.47. The number of aliphatic hydroxyl groups is 1. The van der Waals surface area contributed by atoms with Gasteiger partial charge in [0.2, 0.25) is 0 Å². The maximum Gasteiger partial charge on any atom is 0.0754 e. The van der Waals surface area contributed by atoms with Gasteiger partial charge >= 0.3 is 0 Å². The predicted molar refractivity (Wildman–Crippen MR) is 120 cm³/mol. The Morgan fingerprint density at radius 1 is 0.828 bits per heavy atom. The van der Waals surface area contributed by atoms with Gasteiger partial charge in [0.15, 0.2) is 0 Å². The van der Waals surface area contributed by atoms with Crippen LogP contribution in [0.1, 0.15) is 49.0 Å². The molecule has 0 unspecified atom stereocenters. The summed E-state index contributed by atoms with van der Waals surface area (Å²) in [5.41, 5.74) is 2.89. The maximum atomic E-state index is 12.2. The standard InChI is InChI=1S/C27H31NO/c1-20(2)25-26(23-16-10-5-11-17-23)28-24(22-14-8-4-9-15-22)19-27(25,29)18-21-12-6-3-7-13-21/h3-17,20,24-26,28-29H,18-19H2,1-2H3/t24-,25-,26-,27+/m0/s1. The molecule has 0 aromatic heterocycles. The SMILES string of the molecule is CC(C)[C@H]1[C@H](c2ccccc2)N[C@H](c2ccccc2)C[C@]1(O)Cc1ccccc1. The van der Waals surface area contributed by atoms with E-state index in [2.05, 4.69) is 98.0 Å². The van der Waals surface area contributed by atoms with Gasteiger partial charge in [-0.05, 0) is 29.0 Å². The van der Waals surface area contributed by atoms with Crippen molar-refractivity contribution in [1.82, 2.24) is 5.32 Å². The Labute approximate surface area is 174 Å². The fourth-order valence-electron chi connectivity index (χ4n) is 5.19. The molecule has 2 N–H and O–H groups in total. The van der Waals surface area contributed by atoms with Gasteiger partial charge < -0.3 is 10.4 Å². The van der Waals surface area contributed by atoms with E-state index in [0.29, 0.717) is 18.8 Å². The molecule has 29 heavy (non-hydrogen) atoms. The number of hydrogen-bond donors (Lipinski definition) is 2. The molecule has 4 atom stereocenters. The summed E-state index contributed by atoms with van der Waals surface area (Å²) in [5, 5.41) is 16.1. The highest BCUT2D eigenvalue weighted by Gasteiger charge is 2.49. The third-order valence-corrected chi connectivity index (χ3v) is 6.35. The van der Waals surface area contributed by atoms with Crippen LogP contribution >= 0.6 is 0 Å². The quantitative estimate of drug-likeness (QED) is 0.590. The Morgan fingerprint density at radius 2 is 1.34 bits per heavy atom. The zero-order valence-electron chi connectivity index (χ0n) is 17.3. The summed E-state index contributed by atoms with van der Waals surface area (Å²) < 4.78 is 0. The zero-order valence-corrected chi connectivity index (χ0v) is 17.3. The van der Waals surface area contributed by atoms with E-state index in [1.165, 1.54) is 16.7 Å². The third kappa shape index (κ3) is 4.29. The lowest BCUT2D eigenvalue weighted by Crippen LogP contribution is -2.56. The first-order valence-corrected chi connectivity index (χ1v) is 10.7. The maximum absolute atomic E-state index is 12.2. The van der Waals surface area contributed by atoms with Crippen LogP contribution in [0.15, 0.2) is 91.0 Å². The summed E-state index contributed by atoms with van der Waals surface area (Å²) in [4.78, 5) is 0. The molecular weight excluding hydrogens is 354 g/mol. The summed E-state index contributed by atoms with van der Waals surface area (Å²) in [6.45, 7) is 4.47. The van der Waals surface area contributed by atoms with Crippen LogP contribution in [0.3, 0.4) is 0 Å². The number of benzene rings is 3. The molecule has 1 aliphatic heterocycles. The molecule has 4 rings (SSSR count). The second kappa shape index (κ2) is 8.52. The molecule has 0 bridgehead atoms. The van der Waals surface area contributed by atoms with Gasteiger partial charge in [0, 0.05) is 24.4 Å². The van der Waals surface area contributed by atoms with Crippen LogP contribution in [-0.2, 0) is 6.42 Å². The number of rotatable bonds is 5. The van der Waals surface area contributed by atoms with Crippen molar-refractivity contribution < 1.29 is 5.11 Å². The molecule has 1 heterocycles. The largest absolute Gasteiger partial charge is 0.389 e. The fraction of sp³-hybridized carbons (Fsp3) is 0.333. The minimum Gasteiger partial charge on any atom is -0.389 e. The minimum atomic E-state index is -0.790. The molecule has 0 saturated carbocycles. The molecule has 2 heteroatoms. The summed E-state index contributed by atoms with van der Waals surface area (Å²) >= 11 is 0. The monoisotopic (exact) mass is 385 g/mol. The van der Waals surface area contributed by atoms with Crippen molar-refractivity contribution in [3.8, 4) is 0 Å². The summed E-state index contributed by atoms with van der Waals surface area (Å²) in [7, 11) is 0. The highest BCUT2D eigenvalue weighted by atomic mass is 16.3. The van der Waals surface area contributed by atoms with Crippen molar-refractivity contribution in [2.75, 3.05) is 0 Å². The lowest BCUT2D eigenvalue weighted by Gasteiger charge is -2.51.